The lowest BCUT2D eigenvalue weighted by Crippen LogP contribution is -2.40. The number of non-ortho nitro benzene ring substituents is 1. The van der Waals surface area contributed by atoms with Gasteiger partial charge in [0.1, 0.15) is 0 Å². The monoisotopic (exact) mass is 338 g/mol. The normalized spacial score (nSPS) is 15.5. The molecule has 2 N–H and O–H groups in total. The first-order valence-electron chi connectivity index (χ1n) is 8.47. The molecule has 0 spiro atoms. The van der Waals surface area contributed by atoms with Crippen molar-refractivity contribution in [1.82, 2.24) is 10.6 Å². The van der Waals surface area contributed by atoms with E-state index in [0.29, 0.717) is 12.6 Å². The van der Waals surface area contributed by atoms with E-state index in [9.17, 15) is 10.1 Å². The summed E-state index contributed by atoms with van der Waals surface area (Å²) in [4.78, 5) is 15.0. The van der Waals surface area contributed by atoms with Gasteiger partial charge in [0.25, 0.3) is 5.69 Å². The number of nitro benzene ring substituents is 1. The maximum Gasteiger partial charge on any atom is 0.269 e. The van der Waals surface area contributed by atoms with Gasteiger partial charge in [0, 0.05) is 18.2 Å². The molecule has 3 rings (SSSR count). The van der Waals surface area contributed by atoms with Crippen molar-refractivity contribution in [2.24, 2.45) is 4.99 Å². The first-order valence-corrected chi connectivity index (χ1v) is 8.47. The molecular formula is C19H22N4O2. The summed E-state index contributed by atoms with van der Waals surface area (Å²) in [6.07, 6.45) is 2.33. The van der Waals surface area contributed by atoms with Crippen molar-refractivity contribution >= 4 is 11.6 Å². The summed E-state index contributed by atoms with van der Waals surface area (Å²) in [5.74, 6) is 0.775. The second-order valence-corrected chi connectivity index (χ2v) is 6.28. The van der Waals surface area contributed by atoms with E-state index in [1.54, 1.807) is 12.1 Å². The van der Waals surface area contributed by atoms with Crippen molar-refractivity contribution in [3.05, 3.63) is 75.8 Å². The van der Waals surface area contributed by atoms with E-state index < -0.39 is 4.92 Å². The molecular weight excluding hydrogens is 316 g/mol. The van der Waals surface area contributed by atoms with Crippen LogP contribution >= 0.6 is 0 Å². The Balaban J connectivity index is 1.66. The lowest BCUT2D eigenvalue weighted by atomic mass is 10.1. The Kier molecular flexibility index (Phi) is 5.28. The molecule has 0 radical (unpaired) electrons. The Morgan fingerprint density at radius 1 is 1.20 bits per heavy atom. The van der Waals surface area contributed by atoms with Crippen molar-refractivity contribution in [2.45, 2.75) is 38.4 Å². The van der Waals surface area contributed by atoms with E-state index in [1.807, 2.05) is 18.2 Å². The summed E-state index contributed by atoms with van der Waals surface area (Å²) >= 11 is 0. The predicted molar refractivity (Wildman–Crippen MR) is 98.4 cm³/mol. The number of rotatable bonds is 6. The molecule has 6 heteroatoms. The first-order chi connectivity index (χ1) is 12.1. The highest BCUT2D eigenvalue weighted by Gasteiger charge is 2.23. The smallest absolute Gasteiger partial charge is 0.269 e. The molecule has 0 amide bonds. The summed E-state index contributed by atoms with van der Waals surface area (Å²) in [5, 5.41) is 17.6. The number of guanidine groups is 1. The molecule has 0 aromatic heterocycles. The number of nitro groups is 1. The standard InChI is InChI=1S/C19H22N4O2/c1-14(16-5-3-2-4-6-16)21-19(22-17-9-10-17)20-13-15-7-11-18(12-8-15)23(24)25/h2-8,11-12,14,17H,9-10,13H2,1H3,(H2,20,21,22). The van der Waals surface area contributed by atoms with Gasteiger partial charge in [-0.25, -0.2) is 4.99 Å². The Morgan fingerprint density at radius 2 is 1.88 bits per heavy atom. The molecule has 1 fully saturated rings. The average molecular weight is 338 g/mol. The highest BCUT2D eigenvalue weighted by atomic mass is 16.6. The van der Waals surface area contributed by atoms with Crippen molar-refractivity contribution in [3.63, 3.8) is 0 Å². The lowest BCUT2D eigenvalue weighted by molar-refractivity contribution is -0.384. The van der Waals surface area contributed by atoms with E-state index in [-0.39, 0.29) is 11.7 Å². The minimum absolute atomic E-state index is 0.0971. The van der Waals surface area contributed by atoms with Gasteiger partial charge in [-0.05, 0) is 30.9 Å². The second kappa shape index (κ2) is 7.79. The van der Waals surface area contributed by atoms with Gasteiger partial charge in [-0.2, -0.15) is 0 Å². The largest absolute Gasteiger partial charge is 0.354 e. The van der Waals surface area contributed by atoms with Crippen molar-refractivity contribution in [1.29, 1.82) is 0 Å². The minimum atomic E-state index is -0.393. The number of hydrogen-bond acceptors (Lipinski definition) is 3. The molecule has 0 bridgehead atoms. The van der Waals surface area contributed by atoms with Gasteiger partial charge in [-0.15, -0.1) is 0 Å². The molecule has 0 saturated heterocycles. The summed E-state index contributed by atoms with van der Waals surface area (Å²) in [6.45, 7) is 2.58. The molecule has 1 saturated carbocycles. The third kappa shape index (κ3) is 5.04. The van der Waals surface area contributed by atoms with E-state index in [2.05, 4.69) is 34.7 Å². The van der Waals surface area contributed by atoms with Crippen LogP contribution < -0.4 is 10.6 Å². The van der Waals surface area contributed by atoms with Crippen LogP contribution in [0.1, 0.15) is 36.9 Å². The van der Waals surface area contributed by atoms with Crippen molar-refractivity contribution in [3.8, 4) is 0 Å². The zero-order valence-electron chi connectivity index (χ0n) is 14.2. The third-order valence-electron chi connectivity index (χ3n) is 4.14. The fourth-order valence-electron chi connectivity index (χ4n) is 2.48. The molecule has 1 aliphatic rings. The Morgan fingerprint density at radius 3 is 2.48 bits per heavy atom. The summed E-state index contributed by atoms with van der Waals surface area (Å²) in [5.41, 5.74) is 2.23. The SMILES string of the molecule is CC(NC(=NCc1ccc([N+](=O)[O-])cc1)NC1CC1)c1ccccc1. The molecule has 130 valence electrons. The van der Waals surface area contributed by atoms with Gasteiger partial charge >= 0.3 is 0 Å². The van der Waals surface area contributed by atoms with Gasteiger partial charge < -0.3 is 10.6 Å². The van der Waals surface area contributed by atoms with Gasteiger partial charge in [-0.1, -0.05) is 42.5 Å². The van der Waals surface area contributed by atoms with Crippen LogP contribution in [0.2, 0.25) is 0 Å². The van der Waals surface area contributed by atoms with Crippen LogP contribution in [0.4, 0.5) is 5.69 Å². The van der Waals surface area contributed by atoms with Crippen LogP contribution in [0, 0.1) is 10.1 Å². The summed E-state index contributed by atoms with van der Waals surface area (Å²) in [7, 11) is 0. The summed E-state index contributed by atoms with van der Waals surface area (Å²) < 4.78 is 0. The maximum atomic E-state index is 10.7. The zero-order valence-corrected chi connectivity index (χ0v) is 14.2. The first kappa shape index (κ1) is 17.0. The van der Waals surface area contributed by atoms with Crippen LogP contribution in [0.3, 0.4) is 0 Å². The van der Waals surface area contributed by atoms with Crippen LogP contribution in [0.5, 0.6) is 0 Å². The highest BCUT2D eigenvalue weighted by molar-refractivity contribution is 5.80. The number of benzene rings is 2. The fraction of sp³-hybridized carbons (Fsp3) is 0.316. The molecule has 0 aliphatic heterocycles. The Bertz CT molecular complexity index is 740. The molecule has 1 atom stereocenters. The quantitative estimate of drug-likeness (QED) is 0.365. The average Bonchev–Trinajstić information content (AvgIpc) is 3.44. The molecule has 1 unspecified atom stereocenters. The van der Waals surface area contributed by atoms with Crippen molar-refractivity contribution < 1.29 is 4.92 Å². The predicted octanol–water partition coefficient (Wildman–Crippen LogP) is 3.55. The second-order valence-electron chi connectivity index (χ2n) is 6.28. The van der Waals surface area contributed by atoms with Gasteiger partial charge in [0.15, 0.2) is 5.96 Å². The Labute approximate surface area is 147 Å². The van der Waals surface area contributed by atoms with Gasteiger partial charge in [0.2, 0.25) is 0 Å². The number of nitrogens with one attached hydrogen (secondary N) is 2. The minimum Gasteiger partial charge on any atom is -0.354 e. The fourth-order valence-corrected chi connectivity index (χ4v) is 2.48. The van der Waals surface area contributed by atoms with Gasteiger partial charge in [0.05, 0.1) is 17.5 Å². The Hall–Kier alpha value is -2.89. The van der Waals surface area contributed by atoms with Crippen LogP contribution in [0.15, 0.2) is 59.6 Å². The van der Waals surface area contributed by atoms with E-state index in [1.165, 1.54) is 17.7 Å². The third-order valence-corrected chi connectivity index (χ3v) is 4.14. The number of aliphatic imine (C=N–C) groups is 1. The van der Waals surface area contributed by atoms with Crippen LogP contribution in [0.25, 0.3) is 0 Å². The molecule has 2 aromatic carbocycles. The topological polar surface area (TPSA) is 79.6 Å². The number of hydrogen-bond donors (Lipinski definition) is 2. The molecule has 25 heavy (non-hydrogen) atoms. The van der Waals surface area contributed by atoms with E-state index in [4.69, 9.17) is 0 Å². The van der Waals surface area contributed by atoms with Crippen LogP contribution in [-0.2, 0) is 6.54 Å². The molecule has 1 aliphatic carbocycles. The van der Waals surface area contributed by atoms with E-state index in [0.717, 1.165) is 24.4 Å². The van der Waals surface area contributed by atoms with Crippen LogP contribution in [-0.4, -0.2) is 16.9 Å². The van der Waals surface area contributed by atoms with E-state index >= 15 is 0 Å². The zero-order chi connectivity index (χ0) is 17.6. The van der Waals surface area contributed by atoms with Crippen molar-refractivity contribution in [2.75, 3.05) is 0 Å². The number of nitrogens with zero attached hydrogens (tertiary/aromatic N) is 2. The van der Waals surface area contributed by atoms with Gasteiger partial charge in [-0.3, -0.25) is 10.1 Å². The highest BCUT2D eigenvalue weighted by Crippen LogP contribution is 2.19. The summed E-state index contributed by atoms with van der Waals surface area (Å²) in [6, 6.07) is 17.4. The molecule has 2 aromatic rings. The lowest BCUT2D eigenvalue weighted by Gasteiger charge is -2.18. The molecule has 6 nitrogen and oxygen atoms in total. The maximum absolute atomic E-state index is 10.7. The molecule has 0 heterocycles.